The largest absolute Gasteiger partial charge is 0.476 e. The Balaban J connectivity index is 2.52. The van der Waals surface area contributed by atoms with Crippen LogP contribution in [0.3, 0.4) is 0 Å². The number of hydrogen-bond acceptors (Lipinski definition) is 5. The molecular weight excluding hydrogens is 272 g/mol. The zero-order valence-corrected chi connectivity index (χ0v) is 12.0. The Kier molecular flexibility index (Phi) is 4.02. The Labute approximate surface area is 121 Å². The molecule has 1 amide bonds. The molecule has 0 radical (unpaired) electrons. The van der Waals surface area contributed by atoms with Crippen LogP contribution in [-0.4, -0.2) is 52.2 Å². The van der Waals surface area contributed by atoms with Crippen LogP contribution in [0.15, 0.2) is 24.3 Å². The quantitative estimate of drug-likeness (QED) is 0.878. The van der Waals surface area contributed by atoms with Crippen LogP contribution in [-0.2, 0) is 4.79 Å². The van der Waals surface area contributed by atoms with Crippen molar-refractivity contribution in [2.45, 2.75) is 13.0 Å². The van der Waals surface area contributed by atoms with Gasteiger partial charge in [-0.2, -0.15) is 0 Å². The Morgan fingerprint density at radius 2 is 1.90 bits per heavy atom. The van der Waals surface area contributed by atoms with Gasteiger partial charge >= 0.3 is 5.97 Å². The highest BCUT2D eigenvalue weighted by Gasteiger charge is 2.21. The maximum Gasteiger partial charge on any atom is 0.358 e. The van der Waals surface area contributed by atoms with Crippen LogP contribution in [0, 0.1) is 0 Å². The van der Waals surface area contributed by atoms with E-state index in [1.807, 2.05) is 0 Å². The Bertz CT molecular complexity index is 700. The van der Waals surface area contributed by atoms with Gasteiger partial charge in [0.15, 0.2) is 5.69 Å². The van der Waals surface area contributed by atoms with Gasteiger partial charge in [-0.1, -0.05) is 18.2 Å². The molecule has 2 N–H and O–H groups in total. The van der Waals surface area contributed by atoms with Crippen molar-refractivity contribution in [2.75, 3.05) is 19.4 Å². The summed E-state index contributed by atoms with van der Waals surface area (Å²) in [7, 11) is 3.28. The highest BCUT2D eigenvalue weighted by molar-refractivity contribution is 6.03. The molecule has 7 nitrogen and oxygen atoms in total. The number of hydrogen-bond donors (Lipinski definition) is 2. The molecule has 7 heteroatoms. The summed E-state index contributed by atoms with van der Waals surface area (Å²) >= 11 is 0. The fourth-order valence-corrected chi connectivity index (χ4v) is 2.02. The first-order valence-corrected chi connectivity index (χ1v) is 6.38. The fraction of sp³-hybridized carbons (Fsp3) is 0.286. The molecule has 0 aliphatic rings. The second-order valence-corrected chi connectivity index (χ2v) is 4.84. The molecule has 1 aromatic carbocycles. The number of aromatic carboxylic acids is 1. The molecule has 1 atom stereocenters. The minimum atomic E-state index is -1.19. The lowest BCUT2D eigenvalue weighted by Gasteiger charge is -2.20. The Morgan fingerprint density at radius 1 is 1.24 bits per heavy atom. The highest BCUT2D eigenvalue weighted by atomic mass is 16.4. The average Bonchev–Trinajstić information content (AvgIpc) is 2.46. The lowest BCUT2D eigenvalue weighted by molar-refractivity contribution is -0.129. The zero-order chi connectivity index (χ0) is 15.6. The number of carboxylic acids is 1. The average molecular weight is 288 g/mol. The van der Waals surface area contributed by atoms with Gasteiger partial charge in [0, 0.05) is 19.5 Å². The van der Waals surface area contributed by atoms with Gasteiger partial charge in [0.25, 0.3) is 0 Å². The monoisotopic (exact) mass is 288 g/mol. The summed E-state index contributed by atoms with van der Waals surface area (Å²) in [6.07, 6.45) is 0. The molecule has 0 saturated carbocycles. The van der Waals surface area contributed by atoms with Gasteiger partial charge in [0.1, 0.15) is 6.04 Å². The van der Waals surface area contributed by atoms with E-state index >= 15 is 0 Å². The first kappa shape index (κ1) is 14.7. The maximum atomic E-state index is 11.9. The number of benzene rings is 1. The van der Waals surface area contributed by atoms with Crippen LogP contribution in [0.5, 0.6) is 0 Å². The Hall–Kier alpha value is -2.70. The number of anilines is 1. The zero-order valence-electron chi connectivity index (χ0n) is 12.0. The number of carbonyl (C=O) groups excluding carboxylic acids is 1. The molecule has 2 aromatic rings. The first-order chi connectivity index (χ1) is 9.91. The summed E-state index contributed by atoms with van der Waals surface area (Å²) in [4.78, 5) is 24.7. The summed E-state index contributed by atoms with van der Waals surface area (Å²) in [5, 5.41) is 20.4. The van der Waals surface area contributed by atoms with E-state index in [-0.39, 0.29) is 11.6 Å². The molecule has 0 aliphatic carbocycles. The molecule has 21 heavy (non-hydrogen) atoms. The van der Waals surface area contributed by atoms with Crippen LogP contribution in [0.1, 0.15) is 17.4 Å². The number of nitrogens with zero attached hydrogens (tertiary/aromatic N) is 3. The summed E-state index contributed by atoms with van der Waals surface area (Å²) in [6.45, 7) is 1.67. The van der Waals surface area contributed by atoms with Crippen molar-refractivity contribution in [3.63, 3.8) is 0 Å². The molecule has 0 saturated heterocycles. The fourth-order valence-electron chi connectivity index (χ4n) is 2.02. The second kappa shape index (κ2) is 5.74. The molecule has 1 unspecified atom stereocenters. The minimum absolute atomic E-state index is 0.160. The van der Waals surface area contributed by atoms with E-state index in [0.29, 0.717) is 16.6 Å². The van der Waals surface area contributed by atoms with Crippen molar-refractivity contribution in [2.24, 2.45) is 0 Å². The van der Waals surface area contributed by atoms with Crippen LogP contribution >= 0.6 is 0 Å². The summed E-state index contributed by atoms with van der Waals surface area (Å²) in [6, 6.07) is 6.46. The van der Waals surface area contributed by atoms with E-state index < -0.39 is 12.0 Å². The predicted molar refractivity (Wildman–Crippen MR) is 78.3 cm³/mol. The van der Waals surface area contributed by atoms with Crippen molar-refractivity contribution >= 4 is 28.5 Å². The van der Waals surface area contributed by atoms with Gasteiger partial charge in [0.05, 0.1) is 11.2 Å². The van der Waals surface area contributed by atoms with E-state index in [1.165, 1.54) is 4.90 Å². The minimum Gasteiger partial charge on any atom is -0.476 e. The number of rotatable bonds is 4. The SMILES string of the molecule is CC(Nc1c(C(=O)O)nnc2ccccc12)C(=O)N(C)C. The third-order valence-corrected chi connectivity index (χ3v) is 3.04. The van der Waals surface area contributed by atoms with Crippen molar-refractivity contribution in [1.82, 2.24) is 15.1 Å². The normalized spacial score (nSPS) is 12.0. The van der Waals surface area contributed by atoms with Gasteiger partial charge in [-0.05, 0) is 13.0 Å². The summed E-state index contributed by atoms with van der Waals surface area (Å²) in [5.41, 5.74) is 0.664. The summed E-state index contributed by atoms with van der Waals surface area (Å²) in [5.74, 6) is -1.35. The molecular formula is C14H16N4O3. The van der Waals surface area contributed by atoms with Crippen LogP contribution in [0.2, 0.25) is 0 Å². The van der Waals surface area contributed by atoms with E-state index in [0.717, 1.165) is 0 Å². The number of aromatic nitrogens is 2. The number of likely N-dealkylation sites (N-methyl/N-ethyl adjacent to an activating group) is 1. The van der Waals surface area contributed by atoms with E-state index in [4.69, 9.17) is 0 Å². The molecule has 0 spiro atoms. The van der Waals surface area contributed by atoms with Gasteiger partial charge in [0.2, 0.25) is 5.91 Å². The maximum absolute atomic E-state index is 11.9. The first-order valence-electron chi connectivity index (χ1n) is 6.38. The lowest BCUT2D eigenvalue weighted by Crippen LogP contribution is -2.37. The number of fused-ring (bicyclic) bond motifs is 1. The highest BCUT2D eigenvalue weighted by Crippen LogP contribution is 2.25. The molecule has 0 bridgehead atoms. The van der Waals surface area contributed by atoms with Gasteiger partial charge in [-0.3, -0.25) is 4.79 Å². The van der Waals surface area contributed by atoms with Crippen molar-refractivity contribution in [3.8, 4) is 0 Å². The van der Waals surface area contributed by atoms with Crippen molar-refractivity contribution < 1.29 is 14.7 Å². The molecule has 0 aliphatic heterocycles. The predicted octanol–water partition coefficient (Wildman–Crippen LogP) is 1.22. The smallest absolute Gasteiger partial charge is 0.358 e. The number of carboxylic acid groups (broad SMARTS) is 1. The standard InChI is InChI=1S/C14H16N4O3/c1-8(13(19)18(2)3)15-11-9-6-4-5-7-10(9)16-17-12(11)14(20)21/h4-8H,1-3H3,(H,15,16)(H,20,21). The van der Waals surface area contributed by atoms with Crippen molar-refractivity contribution in [3.05, 3.63) is 30.0 Å². The van der Waals surface area contributed by atoms with Gasteiger partial charge < -0.3 is 15.3 Å². The number of carbonyl (C=O) groups is 2. The number of amides is 1. The lowest BCUT2D eigenvalue weighted by atomic mass is 10.1. The third kappa shape index (κ3) is 2.91. The van der Waals surface area contributed by atoms with Gasteiger partial charge in [-0.25, -0.2) is 4.79 Å². The van der Waals surface area contributed by atoms with Crippen LogP contribution in [0.4, 0.5) is 5.69 Å². The topological polar surface area (TPSA) is 95.4 Å². The molecule has 110 valence electrons. The molecule has 0 fully saturated rings. The van der Waals surface area contributed by atoms with Crippen LogP contribution < -0.4 is 5.32 Å². The third-order valence-electron chi connectivity index (χ3n) is 3.04. The molecule has 2 rings (SSSR count). The molecule has 1 aromatic heterocycles. The van der Waals surface area contributed by atoms with E-state index in [1.54, 1.807) is 45.3 Å². The van der Waals surface area contributed by atoms with Gasteiger partial charge in [-0.15, -0.1) is 10.2 Å². The molecule has 1 heterocycles. The van der Waals surface area contributed by atoms with Crippen molar-refractivity contribution in [1.29, 1.82) is 0 Å². The van der Waals surface area contributed by atoms with Crippen LogP contribution in [0.25, 0.3) is 10.9 Å². The second-order valence-electron chi connectivity index (χ2n) is 4.84. The van der Waals surface area contributed by atoms with E-state index in [9.17, 15) is 14.7 Å². The number of nitrogens with one attached hydrogen (secondary N) is 1. The van der Waals surface area contributed by atoms with E-state index in [2.05, 4.69) is 15.5 Å². The Morgan fingerprint density at radius 3 is 2.52 bits per heavy atom. The summed E-state index contributed by atoms with van der Waals surface area (Å²) < 4.78 is 0.